The Morgan fingerprint density at radius 1 is 0.771 bits per heavy atom. The second-order valence-electron chi connectivity index (χ2n) is 8.21. The van der Waals surface area contributed by atoms with Crippen molar-refractivity contribution in [2.75, 3.05) is 35.5 Å². The molecule has 0 spiro atoms. The van der Waals surface area contributed by atoms with E-state index < -0.39 is 6.23 Å². The number of ether oxygens (including phenoxy) is 6. The highest BCUT2D eigenvalue weighted by Gasteiger charge is 2.42. The van der Waals surface area contributed by atoms with E-state index in [9.17, 15) is 0 Å². The number of nitrogens with zero attached hydrogens (tertiary/aromatic N) is 2. The third-order valence-electron chi connectivity index (χ3n) is 6.39. The van der Waals surface area contributed by atoms with Crippen LogP contribution in [0.1, 0.15) is 35.4 Å². The molecule has 2 aliphatic heterocycles. The molecule has 0 unspecified atom stereocenters. The van der Waals surface area contributed by atoms with Gasteiger partial charge >= 0.3 is 0 Å². The molecule has 0 N–H and O–H groups in total. The molecule has 2 atom stereocenters. The third kappa shape index (κ3) is 3.95. The summed E-state index contributed by atoms with van der Waals surface area (Å²) in [5.41, 5.74) is 3.87. The Bertz CT molecular complexity index is 1230. The number of hydrogen-bond acceptors (Lipinski definition) is 8. The normalized spacial score (nSPS) is 18.1. The summed E-state index contributed by atoms with van der Waals surface area (Å²) in [7, 11) is 8.11. The van der Waals surface area contributed by atoms with Crippen LogP contribution >= 0.6 is 0 Å². The fourth-order valence-corrected chi connectivity index (χ4v) is 4.61. The largest absolute Gasteiger partial charge is 0.497 e. The van der Waals surface area contributed by atoms with Gasteiger partial charge in [-0.25, -0.2) is 5.01 Å². The van der Waals surface area contributed by atoms with Gasteiger partial charge in [0.25, 0.3) is 0 Å². The second-order valence-corrected chi connectivity index (χ2v) is 8.21. The molecule has 2 aliphatic rings. The van der Waals surface area contributed by atoms with Gasteiger partial charge in [0.2, 0.25) is 12.0 Å². The van der Waals surface area contributed by atoms with Gasteiger partial charge in [0, 0.05) is 17.5 Å². The van der Waals surface area contributed by atoms with E-state index in [1.807, 2.05) is 59.6 Å². The van der Waals surface area contributed by atoms with Gasteiger partial charge in [-0.05, 0) is 60.2 Å². The lowest BCUT2D eigenvalue weighted by atomic mass is 9.95. The molecule has 3 aromatic rings. The molecule has 2 heterocycles. The van der Waals surface area contributed by atoms with E-state index in [4.69, 9.17) is 33.5 Å². The molecule has 5 rings (SSSR count). The highest BCUT2D eigenvalue weighted by molar-refractivity contribution is 6.02. The van der Waals surface area contributed by atoms with Crippen LogP contribution in [0.3, 0.4) is 0 Å². The lowest BCUT2D eigenvalue weighted by Gasteiger charge is -2.38. The smallest absolute Gasteiger partial charge is 0.214 e. The Kier molecular flexibility index (Phi) is 6.03. The monoisotopic (exact) mass is 476 g/mol. The van der Waals surface area contributed by atoms with Gasteiger partial charge in [0.1, 0.15) is 17.2 Å². The number of methoxy groups -OCH3 is 5. The maximum absolute atomic E-state index is 6.52. The van der Waals surface area contributed by atoms with Crippen molar-refractivity contribution in [1.29, 1.82) is 0 Å². The van der Waals surface area contributed by atoms with Gasteiger partial charge in [-0.3, -0.25) is 0 Å². The van der Waals surface area contributed by atoms with Gasteiger partial charge in [0.05, 0.1) is 47.3 Å². The van der Waals surface area contributed by atoms with Crippen molar-refractivity contribution in [3.63, 3.8) is 0 Å². The molecule has 0 radical (unpaired) electrons. The maximum atomic E-state index is 6.52. The van der Waals surface area contributed by atoms with Gasteiger partial charge < -0.3 is 28.4 Å². The number of hydrogen-bond donors (Lipinski definition) is 0. The second kappa shape index (κ2) is 9.29. The van der Waals surface area contributed by atoms with Crippen LogP contribution in [-0.4, -0.2) is 46.3 Å². The van der Waals surface area contributed by atoms with Crippen LogP contribution in [-0.2, 0) is 0 Å². The summed E-state index contributed by atoms with van der Waals surface area (Å²) in [6.45, 7) is 0. The summed E-state index contributed by atoms with van der Waals surface area (Å²) >= 11 is 0. The summed E-state index contributed by atoms with van der Waals surface area (Å²) in [5.74, 6) is 4.01. The summed E-state index contributed by atoms with van der Waals surface area (Å²) in [6.07, 6.45) is 0.224. The molecular formula is C27H28N2O6. The Morgan fingerprint density at radius 3 is 2.03 bits per heavy atom. The molecule has 0 amide bonds. The summed E-state index contributed by atoms with van der Waals surface area (Å²) in [6, 6.07) is 17.6. The van der Waals surface area contributed by atoms with E-state index >= 15 is 0 Å². The van der Waals surface area contributed by atoms with Crippen LogP contribution in [0.15, 0.2) is 59.7 Å². The molecule has 0 aliphatic carbocycles. The first kappa shape index (κ1) is 22.7. The van der Waals surface area contributed by atoms with E-state index in [1.54, 1.807) is 35.5 Å². The van der Waals surface area contributed by atoms with Crippen LogP contribution in [0.5, 0.6) is 34.5 Å². The summed E-state index contributed by atoms with van der Waals surface area (Å²) < 4.78 is 34.0. The minimum Gasteiger partial charge on any atom is -0.497 e. The maximum Gasteiger partial charge on any atom is 0.214 e. The van der Waals surface area contributed by atoms with Crippen LogP contribution in [0.4, 0.5) is 0 Å². The average molecular weight is 477 g/mol. The Labute approximate surface area is 204 Å². The minimum atomic E-state index is -0.495. The number of rotatable bonds is 7. The molecule has 8 heteroatoms. The van der Waals surface area contributed by atoms with Gasteiger partial charge in [-0.1, -0.05) is 0 Å². The number of hydrazone groups is 1. The molecule has 3 aromatic carbocycles. The van der Waals surface area contributed by atoms with Gasteiger partial charge in [0.15, 0.2) is 11.5 Å². The molecule has 0 aromatic heterocycles. The number of fused-ring (bicyclic) bond motifs is 3. The van der Waals surface area contributed by atoms with E-state index in [0.29, 0.717) is 17.2 Å². The topological polar surface area (TPSA) is 71.0 Å². The van der Waals surface area contributed by atoms with E-state index in [2.05, 4.69) is 0 Å². The first-order valence-corrected chi connectivity index (χ1v) is 11.2. The zero-order valence-corrected chi connectivity index (χ0v) is 20.4. The first-order valence-electron chi connectivity index (χ1n) is 11.2. The molecule has 0 saturated heterocycles. The lowest BCUT2D eigenvalue weighted by Crippen LogP contribution is -2.33. The highest BCUT2D eigenvalue weighted by Crippen LogP contribution is 2.50. The fraction of sp³-hybridized carbons (Fsp3) is 0.296. The molecule has 0 saturated carbocycles. The SMILES string of the molecule is COc1ccc(C2=NN3[C@@H](c4cc(OC)c(OC)c(OC)c4)Oc4ccc(OC)cc4[C@@H]3C2)cc1. The fourth-order valence-electron chi connectivity index (χ4n) is 4.61. The van der Waals surface area contributed by atoms with Crippen molar-refractivity contribution in [2.45, 2.75) is 18.7 Å². The molecule has 8 nitrogen and oxygen atoms in total. The molecule has 35 heavy (non-hydrogen) atoms. The van der Waals surface area contributed by atoms with Crippen molar-refractivity contribution in [2.24, 2.45) is 5.10 Å². The summed E-state index contributed by atoms with van der Waals surface area (Å²) in [5, 5.41) is 7.03. The zero-order chi connectivity index (χ0) is 24.5. The highest BCUT2D eigenvalue weighted by atomic mass is 16.5. The van der Waals surface area contributed by atoms with E-state index in [-0.39, 0.29) is 6.04 Å². The first-order chi connectivity index (χ1) is 17.1. The third-order valence-corrected chi connectivity index (χ3v) is 6.39. The van der Waals surface area contributed by atoms with Crippen LogP contribution in [0.2, 0.25) is 0 Å². The predicted octanol–water partition coefficient (Wildman–Crippen LogP) is 4.97. The minimum absolute atomic E-state index is 0.0324. The standard InChI is InChI=1S/C27H28N2O6/c1-30-18-8-6-16(7-9-18)21-15-22-20-14-19(31-2)10-11-23(20)35-27(29(22)28-21)17-12-24(32-3)26(34-5)25(13-17)33-4/h6-14,22,27H,15H2,1-5H3/t22-,27+/m0/s1. The molecular weight excluding hydrogens is 448 g/mol. The van der Waals surface area contributed by atoms with E-state index in [0.717, 1.165) is 46.1 Å². The van der Waals surface area contributed by atoms with Crippen LogP contribution < -0.4 is 28.4 Å². The quantitative estimate of drug-likeness (QED) is 0.477. The Balaban J connectivity index is 1.61. The molecule has 0 bridgehead atoms. The van der Waals surface area contributed by atoms with E-state index in [1.165, 1.54) is 0 Å². The van der Waals surface area contributed by atoms with Gasteiger partial charge in [-0.15, -0.1) is 0 Å². The Morgan fingerprint density at radius 2 is 1.43 bits per heavy atom. The molecule has 0 fully saturated rings. The lowest BCUT2D eigenvalue weighted by molar-refractivity contribution is -0.0194. The van der Waals surface area contributed by atoms with Crippen molar-refractivity contribution < 1.29 is 28.4 Å². The van der Waals surface area contributed by atoms with Crippen molar-refractivity contribution in [3.8, 4) is 34.5 Å². The summed E-state index contributed by atoms with van der Waals surface area (Å²) in [4.78, 5) is 0. The molecule has 182 valence electrons. The van der Waals surface area contributed by atoms with Crippen LogP contribution in [0, 0.1) is 0 Å². The average Bonchev–Trinajstić information content (AvgIpc) is 3.37. The van der Waals surface area contributed by atoms with Crippen molar-refractivity contribution >= 4 is 5.71 Å². The van der Waals surface area contributed by atoms with Gasteiger partial charge in [-0.2, -0.15) is 5.10 Å². The zero-order valence-electron chi connectivity index (χ0n) is 20.4. The van der Waals surface area contributed by atoms with Crippen molar-refractivity contribution in [3.05, 3.63) is 71.3 Å². The number of benzene rings is 3. The van der Waals surface area contributed by atoms with Crippen molar-refractivity contribution in [1.82, 2.24) is 5.01 Å². The Hall–Kier alpha value is -4.07. The predicted molar refractivity (Wildman–Crippen MR) is 131 cm³/mol. The van der Waals surface area contributed by atoms with Crippen LogP contribution in [0.25, 0.3) is 0 Å².